The van der Waals surface area contributed by atoms with Crippen LogP contribution in [0.25, 0.3) is 0 Å². The van der Waals surface area contributed by atoms with Gasteiger partial charge in [0.05, 0.1) is 6.54 Å². The molecule has 0 amide bonds. The van der Waals surface area contributed by atoms with Crippen molar-refractivity contribution in [2.45, 2.75) is 57.2 Å². The number of nitrogens with zero attached hydrogens (tertiary/aromatic N) is 3. The first-order valence-corrected chi connectivity index (χ1v) is 7.30. The minimum atomic E-state index is 0.255. The van der Waals surface area contributed by atoms with Gasteiger partial charge in [-0.3, -0.25) is 0 Å². The predicted molar refractivity (Wildman–Crippen MR) is 70.8 cm³/mol. The lowest BCUT2D eigenvalue weighted by Gasteiger charge is -2.21. The summed E-state index contributed by atoms with van der Waals surface area (Å²) in [6.45, 7) is 1.91. The van der Waals surface area contributed by atoms with Gasteiger partial charge in [-0.1, -0.05) is 5.10 Å². The maximum atomic E-state index is 8.94. The summed E-state index contributed by atoms with van der Waals surface area (Å²) < 4.78 is 5.73. The summed E-state index contributed by atoms with van der Waals surface area (Å²) in [5.41, 5.74) is 0. The van der Waals surface area contributed by atoms with Crippen molar-refractivity contribution in [2.75, 3.05) is 18.1 Å². The second-order valence-electron chi connectivity index (χ2n) is 5.49. The van der Waals surface area contributed by atoms with E-state index in [1.807, 2.05) is 0 Å². The van der Waals surface area contributed by atoms with Crippen LogP contribution in [0.5, 0.6) is 0 Å². The van der Waals surface area contributed by atoms with E-state index in [4.69, 9.17) is 9.52 Å². The largest absolute Gasteiger partial charge is 0.407 e. The van der Waals surface area contributed by atoms with Gasteiger partial charge in [0.2, 0.25) is 5.89 Å². The third-order valence-electron chi connectivity index (χ3n) is 3.89. The third kappa shape index (κ3) is 3.25. The van der Waals surface area contributed by atoms with Crippen LogP contribution in [0.15, 0.2) is 4.42 Å². The van der Waals surface area contributed by atoms with Crippen molar-refractivity contribution < 1.29 is 9.52 Å². The summed E-state index contributed by atoms with van der Waals surface area (Å²) in [6.07, 6.45) is 6.67. The van der Waals surface area contributed by atoms with E-state index in [9.17, 15) is 0 Å². The van der Waals surface area contributed by atoms with Gasteiger partial charge in [0.15, 0.2) is 0 Å². The summed E-state index contributed by atoms with van der Waals surface area (Å²) in [5.74, 6) is 0.676. The smallest absolute Gasteiger partial charge is 0.318 e. The van der Waals surface area contributed by atoms with Gasteiger partial charge in [-0.05, 0) is 38.5 Å². The number of aliphatic hydroxyl groups is 1. The Morgan fingerprint density at radius 2 is 2.21 bits per heavy atom. The van der Waals surface area contributed by atoms with Gasteiger partial charge in [0, 0.05) is 25.2 Å². The van der Waals surface area contributed by atoms with E-state index in [0.29, 0.717) is 30.5 Å². The van der Waals surface area contributed by atoms with Gasteiger partial charge in [0.25, 0.3) is 0 Å². The minimum absolute atomic E-state index is 0.255. The Morgan fingerprint density at radius 1 is 1.32 bits per heavy atom. The fraction of sp³-hybridized carbons (Fsp3) is 0.846. The fourth-order valence-electron chi connectivity index (χ4n) is 2.67. The lowest BCUT2D eigenvalue weighted by Crippen LogP contribution is -2.29. The molecule has 1 saturated carbocycles. The highest BCUT2D eigenvalue weighted by atomic mass is 16.4. The van der Waals surface area contributed by atoms with Gasteiger partial charge in [-0.15, -0.1) is 5.10 Å². The molecule has 106 valence electrons. The molecular weight excluding hydrogens is 244 g/mol. The molecule has 1 aliphatic heterocycles. The lowest BCUT2D eigenvalue weighted by atomic mass is 10.1. The van der Waals surface area contributed by atoms with Crippen LogP contribution in [0, 0.1) is 0 Å². The normalized spacial score (nSPS) is 23.2. The quantitative estimate of drug-likeness (QED) is 0.769. The zero-order valence-electron chi connectivity index (χ0n) is 11.2. The topological polar surface area (TPSA) is 74.4 Å². The molecule has 1 unspecified atom stereocenters. The number of anilines is 1. The van der Waals surface area contributed by atoms with E-state index in [0.717, 1.165) is 32.2 Å². The monoisotopic (exact) mass is 266 g/mol. The Balaban J connectivity index is 1.57. The SMILES string of the molecule is OCCCC1CCCN1c1nnc(CNC2CC2)o1. The zero-order chi connectivity index (χ0) is 13.1. The second kappa shape index (κ2) is 5.88. The number of hydrogen-bond donors (Lipinski definition) is 2. The van der Waals surface area contributed by atoms with Crippen molar-refractivity contribution >= 4 is 6.01 Å². The molecular formula is C13H22N4O2. The Hall–Kier alpha value is -1.14. The first-order chi connectivity index (χ1) is 9.36. The number of hydrogen-bond acceptors (Lipinski definition) is 6. The average Bonchev–Trinajstić information content (AvgIpc) is 2.95. The fourth-order valence-corrected chi connectivity index (χ4v) is 2.67. The van der Waals surface area contributed by atoms with E-state index in [-0.39, 0.29) is 6.61 Å². The summed E-state index contributed by atoms with van der Waals surface area (Å²) in [7, 11) is 0. The third-order valence-corrected chi connectivity index (χ3v) is 3.89. The van der Waals surface area contributed by atoms with Crippen molar-refractivity contribution in [3.8, 4) is 0 Å². The molecule has 2 fully saturated rings. The molecule has 2 aliphatic rings. The van der Waals surface area contributed by atoms with Crippen LogP contribution in [0.1, 0.15) is 44.4 Å². The Labute approximate surface area is 113 Å². The van der Waals surface area contributed by atoms with Gasteiger partial charge in [-0.25, -0.2) is 0 Å². The van der Waals surface area contributed by atoms with E-state index in [1.165, 1.54) is 12.8 Å². The van der Waals surface area contributed by atoms with Crippen molar-refractivity contribution in [1.82, 2.24) is 15.5 Å². The molecule has 6 heteroatoms. The van der Waals surface area contributed by atoms with Crippen molar-refractivity contribution in [3.63, 3.8) is 0 Å². The Kier molecular flexibility index (Phi) is 3.98. The first kappa shape index (κ1) is 12.9. The summed E-state index contributed by atoms with van der Waals surface area (Å²) in [6, 6.07) is 1.74. The van der Waals surface area contributed by atoms with Crippen LogP contribution in [0.3, 0.4) is 0 Å². The van der Waals surface area contributed by atoms with Gasteiger partial charge in [-0.2, -0.15) is 0 Å². The summed E-state index contributed by atoms with van der Waals surface area (Å²) >= 11 is 0. The highest BCUT2D eigenvalue weighted by molar-refractivity contribution is 5.28. The molecule has 3 rings (SSSR count). The Bertz CT molecular complexity index is 405. The number of nitrogens with one attached hydrogen (secondary N) is 1. The molecule has 2 N–H and O–H groups in total. The zero-order valence-corrected chi connectivity index (χ0v) is 11.2. The van der Waals surface area contributed by atoms with Crippen LogP contribution in [0.2, 0.25) is 0 Å². The van der Waals surface area contributed by atoms with Gasteiger partial charge >= 0.3 is 6.01 Å². The summed E-state index contributed by atoms with van der Waals surface area (Å²) in [4.78, 5) is 2.20. The molecule has 1 aliphatic carbocycles. The lowest BCUT2D eigenvalue weighted by molar-refractivity contribution is 0.279. The number of aromatic nitrogens is 2. The molecule has 19 heavy (non-hydrogen) atoms. The van der Waals surface area contributed by atoms with Crippen LogP contribution in [-0.4, -0.2) is 40.5 Å². The first-order valence-electron chi connectivity index (χ1n) is 7.30. The predicted octanol–water partition coefficient (Wildman–Crippen LogP) is 1.06. The molecule has 0 spiro atoms. The van der Waals surface area contributed by atoms with Crippen LogP contribution < -0.4 is 10.2 Å². The van der Waals surface area contributed by atoms with Crippen LogP contribution >= 0.6 is 0 Å². The van der Waals surface area contributed by atoms with Crippen molar-refractivity contribution in [1.29, 1.82) is 0 Å². The molecule has 1 atom stereocenters. The molecule has 0 radical (unpaired) electrons. The maximum Gasteiger partial charge on any atom is 0.318 e. The molecule has 0 aromatic carbocycles. The molecule has 1 aromatic rings. The number of rotatable bonds is 7. The van der Waals surface area contributed by atoms with E-state index in [1.54, 1.807) is 0 Å². The average molecular weight is 266 g/mol. The van der Waals surface area contributed by atoms with E-state index < -0.39 is 0 Å². The van der Waals surface area contributed by atoms with E-state index >= 15 is 0 Å². The maximum absolute atomic E-state index is 8.94. The van der Waals surface area contributed by atoms with Crippen molar-refractivity contribution in [2.24, 2.45) is 0 Å². The highest BCUT2D eigenvalue weighted by Gasteiger charge is 2.28. The molecule has 1 aromatic heterocycles. The molecule has 1 saturated heterocycles. The minimum Gasteiger partial charge on any atom is -0.407 e. The Morgan fingerprint density at radius 3 is 3.00 bits per heavy atom. The summed E-state index contributed by atoms with van der Waals surface area (Å²) in [5, 5.41) is 20.6. The van der Waals surface area contributed by atoms with Gasteiger partial charge < -0.3 is 19.7 Å². The standard InChI is InChI=1S/C13H22N4O2/c18-8-2-4-11-3-1-7-17(11)13-16-15-12(19-13)9-14-10-5-6-10/h10-11,14,18H,1-9H2. The molecule has 0 bridgehead atoms. The number of aliphatic hydroxyl groups excluding tert-OH is 1. The van der Waals surface area contributed by atoms with E-state index in [2.05, 4.69) is 20.4 Å². The molecule has 6 nitrogen and oxygen atoms in total. The second-order valence-corrected chi connectivity index (χ2v) is 5.49. The van der Waals surface area contributed by atoms with Gasteiger partial charge in [0.1, 0.15) is 0 Å². The van der Waals surface area contributed by atoms with Crippen LogP contribution in [0.4, 0.5) is 6.01 Å². The highest BCUT2D eigenvalue weighted by Crippen LogP contribution is 2.27. The molecule has 2 heterocycles. The van der Waals surface area contributed by atoms with Crippen LogP contribution in [-0.2, 0) is 6.54 Å². The van der Waals surface area contributed by atoms with Crippen molar-refractivity contribution in [3.05, 3.63) is 5.89 Å².